The topological polar surface area (TPSA) is 30.3 Å². The first-order chi connectivity index (χ1) is 8.69. The number of hydrogen-bond acceptors (Lipinski definition) is 3. The first-order valence-corrected chi connectivity index (χ1v) is 6.36. The van der Waals surface area contributed by atoms with Gasteiger partial charge in [0.05, 0.1) is 13.3 Å². The summed E-state index contributed by atoms with van der Waals surface area (Å²) in [6.45, 7) is 0. The third kappa shape index (κ3) is 1.77. The maximum absolute atomic E-state index is 5.20. The highest BCUT2D eigenvalue weighted by Gasteiger charge is 2.32. The SMILES string of the molecule is COc1cnc2c(ccn2C2CC(N(C)C)C2)c1. The predicted molar refractivity (Wildman–Crippen MR) is 72.0 cm³/mol. The van der Waals surface area contributed by atoms with Gasteiger partial charge in [0.2, 0.25) is 0 Å². The number of fused-ring (bicyclic) bond motifs is 1. The normalized spacial score (nSPS) is 23.3. The van der Waals surface area contributed by atoms with Crippen molar-refractivity contribution in [1.82, 2.24) is 14.5 Å². The van der Waals surface area contributed by atoms with Gasteiger partial charge in [-0.2, -0.15) is 0 Å². The van der Waals surface area contributed by atoms with Crippen molar-refractivity contribution < 1.29 is 4.74 Å². The fourth-order valence-corrected chi connectivity index (χ4v) is 2.64. The highest BCUT2D eigenvalue weighted by Crippen LogP contribution is 2.37. The average molecular weight is 245 g/mol. The minimum absolute atomic E-state index is 0.593. The maximum Gasteiger partial charge on any atom is 0.140 e. The Morgan fingerprint density at radius 3 is 2.83 bits per heavy atom. The van der Waals surface area contributed by atoms with Crippen molar-refractivity contribution in [3.63, 3.8) is 0 Å². The lowest BCUT2D eigenvalue weighted by Crippen LogP contribution is -2.41. The first-order valence-electron chi connectivity index (χ1n) is 6.36. The molecule has 0 N–H and O–H groups in total. The molecule has 0 radical (unpaired) electrons. The highest BCUT2D eigenvalue weighted by atomic mass is 16.5. The molecule has 1 aliphatic carbocycles. The molecule has 1 aliphatic rings. The number of pyridine rings is 1. The average Bonchev–Trinajstić information content (AvgIpc) is 2.70. The fraction of sp³-hybridized carbons (Fsp3) is 0.500. The van der Waals surface area contributed by atoms with Gasteiger partial charge in [-0.25, -0.2) is 4.98 Å². The van der Waals surface area contributed by atoms with E-state index < -0.39 is 0 Å². The molecule has 96 valence electrons. The number of methoxy groups -OCH3 is 1. The van der Waals surface area contributed by atoms with Gasteiger partial charge in [-0.1, -0.05) is 0 Å². The van der Waals surface area contributed by atoms with Gasteiger partial charge < -0.3 is 14.2 Å². The molecule has 1 fully saturated rings. The van der Waals surface area contributed by atoms with Crippen LogP contribution in [0.2, 0.25) is 0 Å². The second-order valence-electron chi connectivity index (χ2n) is 5.25. The van der Waals surface area contributed by atoms with Crippen LogP contribution in [0.4, 0.5) is 0 Å². The monoisotopic (exact) mass is 245 g/mol. The van der Waals surface area contributed by atoms with Gasteiger partial charge in [0, 0.05) is 23.7 Å². The molecule has 4 nitrogen and oxygen atoms in total. The number of nitrogens with zero attached hydrogens (tertiary/aromatic N) is 3. The van der Waals surface area contributed by atoms with Crippen LogP contribution in [0.15, 0.2) is 24.5 Å². The summed E-state index contributed by atoms with van der Waals surface area (Å²) in [7, 11) is 5.98. The van der Waals surface area contributed by atoms with Gasteiger partial charge in [-0.15, -0.1) is 0 Å². The van der Waals surface area contributed by atoms with E-state index in [9.17, 15) is 0 Å². The predicted octanol–water partition coefficient (Wildman–Crippen LogP) is 2.31. The van der Waals surface area contributed by atoms with Crippen molar-refractivity contribution in [3.05, 3.63) is 24.5 Å². The van der Waals surface area contributed by atoms with E-state index in [1.165, 1.54) is 12.8 Å². The van der Waals surface area contributed by atoms with Gasteiger partial charge in [0.25, 0.3) is 0 Å². The van der Waals surface area contributed by atoms with Crippen molar-refractivity contribution in [2.75, 3.05) is 21.2 Å². The molecular formula is C14H19N3O. The molecule has 4 heteroatoms. The smallest absolute Gasteiger partial charge is 0.140 e. The van der Waals surface area contributed by atoms with E-state index in [0.717, 1.165) is 16.8 Å². The van der Waals surface area contributed by atoms with E-state index in [1.807, 2.05) is 6.07 Å². The Labute approximate surface area is 107 Å². The Hall–Kier alpha value is -1.55. The zero-order valence-corrected chi connectivity index (χ0v) is 11.1. The van der Waals surface area contributed by atoms with Gasteiger partial charge in [-0.05, 0) is 39.1 Å². The Kier molecular flexibility index (Phi) is 2.74. The minimum Gasteiger partial charge on any atom is -0.495 e. The molecule has 0 unspecified atom stereocenters. The van der Waals surface area contributed by atoms with Crippen molar-refractivity contribution in [2.24, 2.45) is 0 Å². The molecule has 0 atom stereocenters. The van der Waals surface area contributed by atoms with Crippen LogP contribution in [0.1, 0.15) is 18.9 Å². The molecule has 1 saturated carbocycles. The summed E-state index contributed by atoms with van der Waals surface area (Å²) in [5.41, 5.74) is 1.07. The molecule has 0 bridgehead atoms. The van der Waals surface area contributed by atoms with E-state index in [4.69, 9.17) is 4.74 Å². The molecule has 0 spiro atoms. The Morgan fingerprint density at radius 2 is 2.17 bits per heavy atom. The molecular weight excluding hydrogens is 226 g/mol. The van der Waals surface area contributed by atoms with Crippen LogP contribution in [0, 0.1) is 0 Å². The second-order valence-corrected chi connectivity index (χ2v) is 5.25. The number of ether oxygens (including phenoxy) is 1. The Bertz CT molecular complexity index is 555. The van der Waals surface area contributed by atoms with Crippen LogP contribution in [0.25, 0.3) is 11.0 Å². The van der Waals surface area contributed by atoms with Crippen molar-refractivity contribution in [1.29, 1.82) is 0 Å². The molecule has 0 aromatic carbocycles. The summed E-state index contributed by atoms with van der Waals surface area (Å²) in [6.07, 6.45) is 6.36. The van der Waals surface area contributed by atoms with Crippen LogP contribution < -0.4 is 4.74 Å². The van der Waals surface area contributed by atoms with Gasteiger partial charge in [-0.3, -0.25) is 0 Å². The van der Waals surface area contributed by atoms with E-state index in [0.29, 0.717) is 12.1 Å². The second kappa shape index (κ2) is 4.28. The number of hydrogen-bond donors (Lipinski definition) is 0. The zero-order chi connectivity index (χ0) is 12.7. The standard InChI is InChI=1S/C14H19N3O/c1-16(2)11-7-12(8-11)17-5-4-10-6-13(18-3)9-15-14(10)17/h4-6,9,11-12H,7-8H2,1-3H3. The number of aromatic nitrogens is 2. The van der Waals surface area contributed by atoms with E-state index in [1.54, 1.807) is 13.3 Å². The molecule has 2 aromatic heterocycles. The molecule has 18 heavy (non-hydrogen) atoms. The van der Waals surface area contributed by atoms with Gasteiger partial charge >= 0.3 is 0 Å². The van der Waals surface area contributed by atoms with Gasteiger partial charge in [0.1, 0.15) is 11.4 Å². The molecule has 2 heterocycles. The van der Waals surface area contributed by atoms with Crippen molar-refractivity contribution in [3.8, 4) is 5.75 Å². The van der Waals surface area contributed by atoms with E-state index in [-0.39, 0.29) is 0 Å². The molecule has 0 aliphatic heterocycles. The van der Waals surface area contributed by atoms with Crippen LogP contribution in [0.5, 0.6) is 5.75 Å². The van der Waals surface area contributed by atoms with Crippen LogP contribution >= 0.6 is 0 Å². The summed E-state index contributed by atoms with van der Waals surface area (Å²) in [4.78, 5) is 6.81. The van der Waals surface area contributed by atoms with Gasteiger partial charge in [0.15, 0.2) is 0 Å². The molecule has 3 rings (SSSR count). The maximum atomic E-state index is 5.20. The largest absolute Gasteiger partial charge is 0.495 e. The first kappa shape index (κ1) is 11.5. The number of rotatable bonds is 3. The van der Waals surface area contributed by atoms with Crippen LogP contribution in [-0.2, 0) is 0 Å². The molecule has 2 aromatic rings. The summed E-state index contributed by atoms with van der Waals surface area (Å²) < 4.78 is 7.50. The fourth-order valence-electron chi connectivity index (χ4n) is 2.64. The summed E-state index contributed by atoms with van der Waals surface area (Å²) in [6, 6.07) is 5.47. The summed E-state index contributed by atoms with van der Waals surface area (Å²) in [5, 5.41) is 1.16. The lowest BCUT2D eigenvalue weighted by atomic mass is 9.86. The van der Waals surface area contributed by atoms with Crippen molar-refractivity contribution >= 4 is 11.0 Å². The quantitative estimate of drug-likeness (QED) is 0.831. The van der Waals surface area contributed by atoms with Crippen LogP contribution in [0.3, 0.4) is 0 Å². The van der Waals surface area contributed by atoms with E-state index >= 15 is 0 Å². The molecule has 0 amide bonds. The molecule has 0 saturated heterocycles. The lowest BCUT2D eigenvalue weighted by Gasteiger charge is -2.40. The Balaban J connectivity index is 1.86. The van der Waals surface area contributed by atoms with E-state index in [2.05, 4.69) is 40.8 Å². The third-order valence-corrected chi connectivity index (χ3v) is 3.98. The summed E-state index contributed by atoms with van der Waals surface area (Å²) >= 11 is 0. The Morgan fingerprint density at radius 1 is 1.39 bits per heavy atom. The highest BCUT2D eigenvalue weighted by molar-refractivity contribution is 5.77. The zero-order valence-electron chi connectivity index (χ0n) is 11.1. The summed E-state index contributed by atoms with van der Waals surface area (Å²) in [5.74, 6) is 0.819. The van der Waals surface area contributed by atoms with Crippen molar-refractivity contribution in [2.45, 2.75) is 24.9 Å². The third-order valence-electron chi connectivity index (χ3n) is 3.98. The minimum atomic E-state index is 0.593. The lowest BCUT2D eigenvalue weighted by molar-refractivity contribution is 0.131. The van der Waals surface area contributed by atoms with Crippen LogP contribution in [-0.4, -0.2) is 41.7 Å².